The number of aliphatic hydroxyl groups is 1. The summed E-state index contributed by atoms with van der Waals surface area (Å²) < 4.78 is 5.28. The number of ether oxygens (including phenoxy) is 1. The Morgan fingerprint density at radius 3 is 2.37 bits per heavy atom. The van der Waals surface area contributed by atoms with E-state index in [-0.39, 0.29) is 55.8 Å². The highest BCUT2D eigenvalue weighted by atomic mass is 16.5. The first-order valence-corrected chi connectivity index (χ1v) is 10.9. The first kappa shape index (κ1) is 25.9. The number of carbonyl (C=O) groups is 3. The van der Waals surface area contributed by atoms with Crippen LogP contribution < -0.4 is 10.6 Å². The topological polar surface area (TPSA) is 105 Å². The molecule has 7 nitrogen and oxygen atoms in total. The number of rotatable bonds is 14. The molecule has 170 valence electrons. The van der Waals surface area contributed by atoms with Crippen molar-refractivity contribution in [2.75, 3.05) is 13.2 Å². The van der Waals surface area contributed by atoms with Crippen molar-refractivity contribution < 1.29 is 24.2 Å². The molecule has 0 aromatic carbocycles. The molecule has 30 heavy (non-hydrogen) atoms. The van der Waals surface area contributed by atoms with Gasteiger partial charge < -0.3 is 20.5 Å². The molecule has 7 heteroatoms. The lowest BCUT2D eigenvalue weighted by Crippen LogP contribution is -2.50. The summed E-state index contributed by atoms with van der Waals surface area (Å²) in [5.41, 5.74) is -0.563. The summed E-state index contributed by atoms with van der Waals surface area (Å²) >= 11 is 0. The Morgan fingerprint density at radius 2 is 1.83 bits per heavy atom. The van der Waals surface area contributed by atoms with Gasteiger partial charge in [0, 0.05) is 12.8 Å². The molecule has 2 atom stereocenters. The number of amides is 2. The van der Waals surface area contributed by atoms with Crippen molar-refractivity contribution in [1.29, 1.82) is 0 Å². The fraction of sp³-hybridized carbons (Fsp3) is 0.696. The minimum absolute atomic E-state index is 0.0174. The molecule has 0 spiro atoms. The molecule has 0 aromatic rings. The number of carbonyl (C=O) groups excluding carboxylic acids is 3. The third-order valence-electron chi connectivity index (χ3n) is 5.63. The van der Waals surface area contributed by atoms with E-state index in [1.54, 1.807) is 12.2 Å². The van der Waals surface area contributed by atoms with Crippen LogP contribution in [0.25, 0.3) is 0 Å². The van der Waals surface area contributed by atoms with Gasteiger partial charge in [-0.1, -0.05) is 38.8 Å². The molecule has 3 N–H and O–H groups in total. The normalized spacial score (nSPS) is 17.1. The molecular formula is C23H38N2O5. The van der Waals surface area contributed by atoms with Gasteiger partial charge in [0.25, 0.3) is 0 Å². The van der Waals surface area contributed by atoms with Crippen LogP contribution in [0.1, 0.15) is 65.2 Å². The number of esters is 1. The molecule has 1 saturated carbocycles. The van der Waals surface area contributed by atoms with Gasteiger partial charge in [0.1, 0.15) is 6.61 Å². The van der Waals surface area contributed by atoms with Gasteiger partial charge in [0.15, 0.2) is 0 Å². The van der Waals surface area contributed by atoms with E-state index in [9.17, 15) is 19.5 Å². The Labute approximate surface area is 180 Å². The lowest BCUT2D eigenvalue weighted by molar-refractivity contribution is -0.145. The highest BCUT2D eigenvalue weighted by Gasteiger charge is 2.35. The highest BCUT2D eigenvalue weighted by Crippen LogP contribution is 2.29. The number of allylic oxidation sites excluding steroid dienone is 2. The van der Waals surface area contributed by atoms with Crippen molar-refractivity contribution in [3.05, 3.63) is 25.3 Å². The fourth-order valence-electron chi connectivity index (χ4n) is 3.61. The van der Waals surface area contributed by atoms with Crippen molar-refractivity contribution in [3.63, 3.8) is 0 Å². The van der Waals surface area contributed by atoms with E-state index in [4.69, 9.17) is 4.74 Å². The van der Waals surface area contributed by atoms with E-state index < -0.39 is 11.5 Å². The number of hydrogen-bond donors (Lipinski definition) is 3. The van der Waals surface area contributed by atoms with Crippen molar-refractivity contribution in [2.24, 2.45) is 11.8 Å². The Balaban J connectivity index is 2.66. The average molecular weight is 423 g/mol. The molecule has 2 unspecified atom stereocenters. The number of nitrogens with one attached hydrogen (secondary N) is 2. The summed E-state index contributed by atoms with van der Waals surface area (Å²) in [4.78, 5) is 37.2. The molecule has 0 aliphatic heterocycles. The van der Waals surface area contributed by atoms with Crippen LogP contribution in [0.2, 0.25) is 0 Å². The second-order valence-corrected chi connectivity index (χ2v) is 8.49. The summed E-state index contributed by atoms with van der Waals surface area (Å²) in [6.07, 6.45) is 7.89. The summed E-state index contributed by atoms with van der Waals surface area (Å²) in [6, 6.07) is -0.348. The van der Waals surface area contributed by atoms with Gasteiger partial charge >= 0.3 is 5.97 Å². The van der Waals surface area contributed by atoms with Gasteiger partial charge in [-0.05, 0) is 31.6 Å². The van der Waals surface area contributed by atoms with Crippen molar-refractivity contribution >= 4 is 17.8 Å². The maximum absolute atomic E-state index is 12.8. The van der Waals surface area contributed by atoms with Crippen LogP contribution in [0.3, 0.4) is 0 Å². The first-order chi connectivity index (χ1) is 14.3. The maximum Gasteiger partial charge on any atom is 0.306 e. The monoisotopic (exact) mass is 422 g/mol. The van der Waals surface area contributed by atoms with Crippen LogP contribution in [0.5, 0.6) is 0 Å². The quantitative estimate of drug-likeness (QED) is 0.295. The van der Waals surface area contributed by atoms with Crippen molar-refractivity contribution in [2.45, 2.75) is 76.8 Å². The summed E-state index contributed by atoms with van der Waals surface area (Å²) in [7, 11) is 0. The Bertz CT molecular complexity index is 596. The van der Waals surface area contributed by atoms with Crippen LogP contribution in [0.15, 0.2) is 25.3 Å². The smallest absolute Gasteiger partial charge is 0.306 e. The molecule has 0 aromatic heterocycles. The van der Waals surface area contributed by atoms with Crippen LogP contribution in [0.4, 0.5) is 0 Å². The van der Waals surface area contributed by atoms with Gasteiger partial charge in [0.05, 0.1) is 24.1 Å². The maximum atomic E-state index is 12.8. The SMILES string of the molecule is C=CCCC(=O)OCC(NC(=O)C(CC=C)CC(=O)NC1(CO)CCCC1)C(C)C. The molecule has 0 saturated heterocycles. The molecule has 0 radical (unpaired) electrons. The van der Waals surface area contributed by atoms with Crippen molar-refractivity contribution in [3.8, 4) is 0 Å². The van der Waals surface area contributed by atoms with Gasteiger partial charge in [-0.2, -0.15) is 0 Å². The third-order valence-corrected chi connectivity index (χ3v) is 5.63. The average Bonchev–Trinajstić information content (AvgIpc) is 3.17. The molecule has 0 bridgehead atoms. The van der Waals surface area contributed by atoms with Gasteiger partial charge in [-0.25, -0.2) is 0 Å². The fourth-order valence-corrected chi connectivity index (χ4v) is 3.61. The first-order valence-electron chi connectivity index (χ1n) is 10.9. The lowest BCUT2D eigenvalue weighted by atomic mass is 9.95. The van der Waals surface area contributed by atoms with Crippen molar-refractivity contribution in [1.82, 2.24) is 10.6 Å². The number of aliphatic hydroxyl groups excluding tert-OH is 1. The third kappa shape index (κ3) is 8.69. The molecule has 1 aliphatic rings. The van der Waals surface area contributed by atoms with E-state index in [1.165, 1.54) is 0 Å². The molecule has 1 fully saturated rings. The van der Waals surface area contributed by atoms with E-state index in [1.807, 2.05) is 13.8 Å². The molecule has 0 heterocycles. The summed E-state index contributed by atoms with van der Waals surface area (Å²) in [5, 5.41) is 15.6. The van der Waals surface area contributed by atoms with Crippen LogP contribution in [0, 0.1) is 11.8 Å². The summed E-state index contributed by atoms with van der Waals surface area (Å²) in [5.74, 6) is -1.36. The van der Waals surface area contributed by atoms with Gasteiger partial charge in [-0.15, -0.1) is 13.2 Å². The molecule has 2 amide bonds. The molecule has 1 aliphatic carbocycles. The zero-order valence-electron chi connectivity index (χ0n) is 18.5. The minimum Gasteiger partial charge on any atom is -0.463 e. The second kappa shape index (κ2) is 13.2. The Morgan fingerprint density at radius 1 is 1.17 bits per heavy atom. The summed E-state index contributed by atoms with van der Waals surface area (Å²) in [6.45, 7) is 11.1. The van der Waals surface area contributed by atoms with E-state index in [0.29, 0.717) is 12.8 Å². The number of hydrogen-bond acceptors (Lipinski definition) is 5. The van der Waals surface area contributed by atoms with Crippen LogP contribution in [-0.2, 0) is 19.1 Å². The highest BCUT2D eigenvalue weighted by molar-refractivity contribution is 5.86. The Hall–Kier alpha value is -2.15. The van der Waals surface area contributed by atoms with E-state index in [2.05, 4.69) is 23.8 Å². The predicted octanol–water partition coefficient (Wildman–Crippen LogP) is 2.64. The van der Waals surface area contributed by atoms with Crippen LogP contribution in [-0.4, -0.2) is 47.7 Å². The molecule has 1 rings (SSSR count). The minimum atomic E-state index is -0.572. The van der Waals surface area contributed by atoms with Gasteiger partial charge in [0.2, 0.25) is 11.8 Å². The molecular weight excluding hydrogens is 384 g/mol. The van der Waals surface area contributed by atoms with Crippen LogP contribution >= 0.6 is 0 Å². The zero-order chi connectivity index (χ0) is 22.6. The predicted molar refractivity (Wildman–Crippen MR) is 117 cm³/mol. The Kier molecular flexibility index (Phi) is 11.4. The standard InChI is InChI=1S/C23H38N2O5/c1-5-7-11-21(28)30-15-19(17(3)4)24-22(29)18(10-6-2)14-20(27)25-23(16-26)12-8-9-13-23/h5-6,17-19,26H,1-2,7-16H2,3-4H3,(H,24,29)(H,25,27). The second-order valence-electron chi connectivity index (χ2n) is 8.49. The lowest BCUT2D eigenvalue weighted by Gasteiger charge is -2.29. The van der Waals surface area contributed by atoms with E-state index >= 15 is 0 Å². The van der Waals surface area contributed by atoms with Gasteiger partial charge in [-0.3, -0.25) is 14.4 Å². The zero-order valence-corrected chi connectivity index (χ0v) is 18.5. The largest absolute Gasteiger partial charge is 0.463 e. The van der Waals surface area contributed by atoms with E-state index in [0.717, 1.165) is 25.7 Å².